The van der Waals surface area contributed by atoms with Crippen LogP contribution in [0.4, 0.5) is 4.39 Å². The summed E-state index contributed by atoms with van der Waals surface area (Å²) in [4.78, 5) is 17.8. The third kappa shape index (κ3) is 5.28. The molecule has 1 aromatic heterocycles. The monoisotopic (exact) mass is 504 g/mol. The Labute approximate surface area is 219 Å². The Morgan fingerprint density at radius 2 is 1.86 bits per heavy atom. The standard InChI is InChI=1S/C30H37FN4O2/c1-21(2)34(30(36)22-10-4-5-11-22)20-26-24-19-33(18-23-12-6-7-13-25(23)31)17-16-27(24)35(32-26)28-14-8-9-15-29(28)37-3/h6-9,12-15,21-22H,4-5,10-11,16-20H2,1-3H3. The lowest BCUT2D eigenvalue weighted by atomic mass is 10.0. The van der Waals surface area contributed by atoms with Crippen LogP contribution in [0.2, 0.25) is 0 Å². The van der Waals surface area contributed by atoms with Gasteiger partial charge in [0.15, 0.2) is 0 Å². The fourth-order valence-corrected chi connectivity index (χ4v) is 5.76. The molecule has 5 rings (SSSR count). The number of methoxy groups -OCH3 is 1. The van der Waals surface area contributed by atoms with Crippen LogP contribution in [0.15, 0.2) is 48.5 Å². The summed E-state index contributed by atoms with van der Waals surface area (Å²) in [5, 5.41) is 5.10. The molecule has 3 aromatic rings. The zero-order chi connectivity index (χ0) is 25.9. The van der Waals surface area contributed by atoms with E-state index >= 15 is 0 Å². The second kappa shape index (κ2) is 11.1. The third-order valence-corrected chi connectivity index (χ3v) is 7.82. The molecule has 7 heteroatoms. The van der Waals surface area contributed by atoms with Gasteiger partial charge in [-0.05, 0) is 44.9 Å². The summed E-state index contributed by atoms with van der Waals surface area (Å²) < 4.78 is 22.1. The van der Waals surface area contributed by atoms with Crippen LogP contribution >= 0.6 is 0 Å². The molecule has 2 aromatic carbocycles. The zero-order valence-electron chi connectivity index (χ0n) is 22.1. The van der Waals surface area contributed by atoms with Crippen LogP contribution in [-0.4, -0.2) is 45.2 Å². The van der Waals surface area contributed by atoms with E-state index in [1.807, 2.05) is 46.0 Å². The topological polar surface area (TPSA) is 50.6 Å². The van der Waals surface area contributed by atoms with Gasteiger partial charge in [-0.1, -0.05) is 43.2 Å². The Bertz CT molecular complexity index is 1250. The van der Waals surface area contributed by atoms with E-state index in [9.17, 15) is 9.18 Å². The lowest BCUT2D eigenvalue weighted by molar-refractivity contribution is -0.137. The lowest BCUT2D eigenvalue weighted by Gasteiger charge is -2.31. The Hall–Kier alpha value is -3.19. The minimum atomic E-state index is -0.175. The number of hydrogen-bond acceptors (Lipinski definition) is 4. The normalized spacial score (nSPS) is 16.2. The Morgan fingerprint density at radius 1 is 1.14 bits per heavy atom. The van der Waals surface area contributed by atoms with Crippen LogP contribution < -0.4 is 4.74 Å². The van der Waals surface area contributed by atoms with Crippen molar-refractivity contribution in [1.82, 2.24) is 19.6 Å². The molecule has 0 radical (unpaired) electrons. The molecule has 0 spiro atoms. The molecule has 6 nitrogen and oxygen atoms in total. The average molecular weight is 505 g/mol. The summed E-state index contributed by atoms with van der Waals surface area (Å²) in [7, 11) is 1.67. The Balaban J connectivity index is 1.50. The summed E-state index contributed by atoms with van der Waals surface area (Å²) in [6, 6.07) is 15.0. The highest BCUT2D eigenvalue weighted by molar-refractivity contribution is 5.79. The van der Waals surface area contributed by atoms with E-state index < -0.39 is 0 Å². The van der Waals surface area contributed by atoms with Crippen LogP contribution in [0.25, 0.3) is 5.69 Å². The van der Waals surface area contributed by atoms with Crippen molar-refractivity contribution >= 4 is 5.91 Å². The van der Waals surface area contributed by atoms with E-state index in [4.69, 9.17) is 9.84 Å². The zero-order valence-corrected chi connectivity index (χ0v) is 22.1. The Kier molecular flexibility index (Phi) is 7.60. The van der Waals surface area contributed by atoms with Crippen LogP contribution in [-0.2, 0) is 30.8 Å². The van der Waals surface area contributed by atoms with E-state index in [0.29, 0.717) is 25.2 Å². The van der Waals surface area contributed by atoms with Gasteiger partial charge in [-0.15, -0.1) is 0 Å². The molecule has 1 aliphatic heterocycles. The number of nitrogens with zero attached hydrogens (tertiary/aromatic N) is 4. The summed E-state index contributed by atoms with van der Waals surface area (Å²) in [5.74, 6) is 0.946. The molecule has 0 saturated heterocycles. The number of rotatable bonds is 8. The number of halogens is 1. The molecule has 1 amide bonds. The first-order valence-electron chi connectivity index (χ1n) is 13.5. The molecule has 0 bridgehead atoms. The molecule has 1 aliphatic carbocycles. The first-order chi connectivity index (χ1) is 18.0. The van der Waals surface area contributed by atoms with Crippen molar-refractivity contribution in [3.05, 3.63) is 76.9 Å². The highest BCUT2D eigenvalue weighted by Gasteiger charge is 2.32. The SMILES string of the molecule is COc1ccccc1-n1nc(CN(C(=O)C2CCCC2)C(C)C)c2c1CCN(Cc1ccccc1F)C2. The molecular weight excluding hydrogens is 467 g/mol. The van der Waals surface area contributed by atoms with Gasteiger partial charge in [0.25, 0.3) is 0 Å². The highest BCUT2D eigenvalue weighted by atomic mass is 19.1. The number of fused-ring (bicyclic) bond motifs is 1. The summed E-state index contributed by atoms with van der Waals surface area (Å²) in [6.45, 7) is 6.65. The largest absolute Gasteiger partial charge is 0.494 e. The minimum absolute atomic E-state index is 0.0817. The molecule has 0 unspecified atom stereocenters. The van der Waals surface area contributed by atoms with Gasteiger partial charge in [0, 0.05) is 49.1 Å². The highest BCUT2D eigenvalue weighted by Crippen LogP contribution is 2.32. The van der Waals surface area contributed by atoms with Gasteiger partial charge in [-0.3, -0.25) is 9.69 Å². The van der Waals surface area contributed by atoms with Crippen LogP contribution in [0.5, 0.6) is 5.75 Å². The number of hydrogen-bond donors (Lipinski definition) is 0. The predicted molar refractivity (Wildman–Crippen MR) is 142 cm³/mol. The number of carbonyl (C=O) groups excluding carboxylic acids is 1. The number of ether oxygens (including phenoxy) is 1. The lowest BCUT2D eigenvalue weighted by Crippen LogP contribution is -2.40. The smallest absolute Gasteiger partial charge is 0.226 e. The maximum atomic E-state index is 14.4. The van der Waals surface area contributed by atoms with E-state index in [1.165, 1.54) is 6.07 Å². The maximum absolute atomic E-state index is 14.4. The van der Waals surface area contributed by atoms with Crippen molar-refractivity contribution in [2.24, 2.45) is 5.92 Å². The number of carbonyl (C=O) groups is 1. The molecule has 2 heterocycles. The fraction of sp³-hybridized carbons (Fsp3) is 0.467. The number of amides is 1. The van der Waals surface area contributed by atoms with Crippen molar-refractivity contribution < 1.29 is 13.9 Å². The van der Waals surface area contributed by atoms with Gasteiger partial charge >= 0.3 is 0 Å². The quantitative estimate of drug-likeness (QED) is 0.406. The van der Waals surface area contributed by atoms with Crippen molar-refractivity contribution in [2.75, 3.05) is 13.7 Å². The summed E-state index contributed by atoms with van der Waals surface area (Å²) >= 11 is 0. The third-order valence-electron chi connectivity index (χ3n) is 7.82. The second-order valence-electron chi connectivity index (χ2n) is 10.5. The predicted octanol–water partition coefficient (Wildman–Crippen LogP) is 5.51. The van der Waals surface area contributed by atoms with Crippen LogP contribution in [0.3, 0.4) is 0 Å². The molecule has 37 heavy (non-hydrogen) atoms. The Morgan fingerprint density at radius 3 is 2.59 bits per heavy atom. The number of aromatic nitrogens is 2. The van der Waals surface area contributed by atoms with E-state index in [-0.39, 0.29) is 23.7 Å². The van der Waals surface area contributed by atoms with Crippen molar-refractivity contribution in [3.8, 4) is 11.4 Å². The average Bonchev–Trinajstić information content (AvgIpc) is 3.57. The van der Waals surface area contributed by atoms with Gasteiger partial charge in [-0.25, -0.2) is 9.07 Å². The van der Waals surface area contributed by atoms with Crippen molar-refractivity contribution in [1.29, 1.82) is 0 Å². The molecule has 196 valence electrons. The molecular formula is C30H37FN4O2. The van der Waals surface area contributed by atoms with E-state index in [2.05, 4.69) is 18.7 Å². The van der Waals surface area contributed by atoms with Crippen molar-refractivity contribution in [3.63, 3.8) is 0 Å². The molecule has 0 atom stereocenters. The second-order valence-corrected chi connectivity index (χ2v) is 10.5. The maximum Gasteiger partial charge on any atom is 0.226 e. The van der Waals surface area contributed by atoms with E-state index in [1.54, 1.807) is 13.2 Å². The van der Waals surface area contributed by atoms with E-state index in [0.717, 1.165) is 67.0 Å². The number of benzene rings is 2. The van der Waals surface area contributed by atoms with Gasteiger partial charge in [-0.2, -0.15) is 5.10 Å². The van der Waals surface area contributed by atoms with Crippen LogP contribution in [0.1, 0.15) is 62.0 Å². The summed E-state index contributed by atoms with van der Waals surface area (Å²) in [6.07, 6.45) is 5.00. The molecule has 1 saturated carbocycles. The van der Waals surface area contributed by atoms with Gasteiger partial charge in [0.05, 0.1) is 25.0 Å². The molecule has 1 fully saturated rings. The minimum Gasteiger partial charge on any atom is -0.494 e. The fourth-order valence-electron chi connectivity index (χ4n) is 5.76. The van der Waals surface area contributed by atoms with Gasteiger partial charge in [0.2, 0.25) is 5.91 Å². The first kappa shape index (κ1) is 25.5. The molecule has 0 N–H and O–H groups in total. The first-order valence-corrected chi connectivity index (χ1v) is 13.5. The summed E-state index contributed by atoms with van der Waals surface area (Å²) in [5.41, 5.74) is 4.79. The van der Waals surface area contributed by atoms with Gasteiger partial charge < -0.3 is 9.64 Å². The number of para-hydroxylation sites is 2. The molecule has 2 aliphatic rings. The van der Waals surface area contributed by atoms with Gasteiger partial charge in [0.1, 0.15) is 17.3 Å². The van der Waals surface area contributed by atoms with Crippen molar-refractivity contribution in [2.45, 2.75) is 71.6 Å². The van der Waals surface area contributed by atoms with Crippen LogP contribution in [0, 0.1) is 11.7 Å².